The molecule has 48 valence electrons. The maximum atomic E-state index is 10.6. The summed E-state index contributed by atoms with van der Waals surface area (Å²) in [7, 11) is 3.24. The molecule has 0 heterocycles. The Morgan fingerprint density at radius 3 is 2.22 bits per heavy atom. The van der Waals surface area contributed by atoms with E-state index in [1.165, 1.54) is 5.01 Å². The Hall–Kier alpha value is 1.24. The summed E-state index contributed by atoms with van der Waals surface area (Å²) in [6, 6.07) is 0. The molecule has 0 bridgehead atoms. The van der Waals surface area contributed by atoms with Crippen LogP contribution in [0.5, 0.6) is 0 Å². The van der Waals surface area contributed by atoms with Gasteiger partial charge in [0.2, 0.25) is 5.91 Å². The minimum atomic E-state index is 0. The Kier molecular flexibility index (Phi) is 10.5. The van der Waals surface area contributed by atoms with Crippen molar-refractivity contribution in [2.24, 2.45) is 0 Å². The van der Waals surface area contributed by atoms with E-state index in [4.69, 9.17) is 0 Å². The van der Waals surface area contributed by atoms with Gasteiger partial charge in [-0.1, -0.05) is 6.92 Å². The second-order valence-corrected chi connectivity index (χ2v) is 1.47. The minimum Gasteiger partial charge on any atom is -0.569 e. The number of hydrogen-bond donors (Lipinski definition) is 0. The van der Waals surface area contributed by atoms with Crippen LogP contribution in [0.25, 0.3) is 5.43 Å². The van der Waals surface area contributed by atoms with Gasteiger partial charge < -0.3 is 10.4 Å². The van der Waals surface area contributed by atoms with Crippen molar-refractivity contribution in [1.82, 2.24) is 5.01 Å². The number of hydrogen-bond acceptors (Lipinski definition) is 1. The van der Waals surface area contributed by atoms with Gasteiger partial charge in [0.15, 0.2) is 0 Å². The normalized spacial score (nSPS) is 7.89. The number of nitrogens with zero attached hydrogens (tertiary/aromatic N) is 2. The molecule has 0 aliphatic rings. The molecule has 0 aromatic carbocycles. The van der Waals surface area contributed by atoms with Crippen molar-refractivity contribution in [1.29, 1.82) is 0 Å². The first-order valence-electron chi connectivity index (χ1n) is 2.58. The van der Waals surface area contributed by atoms with E-state index >= 15 is 0 Å². The van der Waals surface area contributed by atoms with Gasteiger partial charge in [0.1, 0.15) is 0 Å². The molecule has 9 heavy (non-hydrogen) atoms. The molecule has 0 aliphatic carbocycles. The SMILES string of the molecule is CCC(=O)N(C)[N-]C.[Rb+]. The molecule has 0 spiro atoms. The topological polar surface area (TPSA) is 34.4 Å². The Balaban J connectivity index is 0. The Bertz CT molecular complexity index is 87.0. The molecular formula is C5H11N2ORb. The first-order chi connectivity index (χ1) is 3.72. The van der Waals surface area contributed by atoms with Crippen molar-refractivity contribution < 1.29 is 63.0 Å². The van der Waals surface area contributed by atoms with Crippen molar-refractivity contribution in [2.45, 2.75) is 13.3 Å². The number of carbonyl (C=O) groups excluding carboxylic acids is 1. The molecule has 0 aromatic rings. The summed E-state index contributed by atoms with van der Waals surface area (Å²) >= 11 is 0. The van der Waals surface area contributed by atoms with Crippen LogP contribution in [0.4, 0.5) is 0 Å². The van der Waals surface area contributed by atoms with Crippen LogP contribution in [0.2, 0.25) is 0 Å². The third-order valence-corrected chi connectivity index (χ3v) is 0.963. The fourth-order valence-corrected chi connectivity index (χ4v) is 0.340. The van der Waals surface area contributed by atoms with Gasteiger partial charge in [0.05, 0.1) is 0 Å². The van der Waals surface area contributed by atoms with Crippen LogP contribution in [-0.2, 0) is 4.79 Å². The van der Waals surface area contributed by atoms with Gasteiger partial charge in [-0.05, 0) is 7.05 Å². The summed E-state index contributed by atoms with van der Waals surface area (Å²) in [4.78, 5) is 10.6. The first-order valence-corrected chi connectivity index (χ1v) is 2.58. The van der Waals surface area contributed by atoms with Gasteiger partial charge in [-0.15, -0.1) is 7.05 Å². The molecule has 0 saturated carbocycles. The molecule has 0 aromatic heterocycles. The zero-order chi connectivity index (χ0) is 6.57. The first kappa shape index (κ1) is 12.9. The van der Waals surface area contributed by atoms with Gasteiger partial charge in [-0.25, -0.2) is 0 Å². The quantitative estimate of drug-likeness (QED) is 0.465. The summed E-state index contributed by atoms with van der Waals surface area (Å²) in [5, 5.41) is 1.33. The molecule has 0 atom stereocenters. The Labute approximate surface area is 105 Å². The fraction of sp³-hybridized carbons (Fsp3) is 0.800. The third kappa shape index (κ3) is 5.67. The van der Waals surface area contributed by atoms with Gasteiger partial charge in [-0.3, -0.25) is 4.79 Å². The molecule has 0 radical (unpaired) electrons. The molecule has 0 aliphatic heterocycles. The van der Waals surface area contributed by atoms with Gasteiger partial charge in [-0.2, -0.15) is 0 Å². The van der Waals surface area contributed by atoms with E-state index in [9.17, 15) is 4.79 Å². The van der Waals surface area contributed by atoms with Crippen molar-refractivity contribution in [3.63, 3.8) is 0 Å². The summed E-state index contributed by atoms with van der Waals surface area (Å²) < 4.78 is 0. The molecule has 0 saturated heterocycles. The smallest absolute Gasteiger partial charge is 0.569 e. The van der Waals surface area contributed by atoms with Gasteiger partial charge in [0, 0.05) is 6.42 Å². The Morgan fingerprint density at radius 2 is 2.11 bits per heavy atom. The van der Waals surface area contributed by atoms with E-state index in [0.717, 1.165) is 0 Å². The predicted octanol–water partition coefficient (Wildman–Crippen LogP) is -2.22. The van der Waals surface area contributed by atoms with Crippen LogP contribution in [0.15, 0.2) is 0 Å². The van der Waals surface area contributed by atoms with E-state index < -0.39 is 0 Å². The summed E-state index contributed by atoms with van der Waals surface area (Å²) in [6.45, 7) is 1.81. The van der Waals surface area contributed by atoms with Crippen LogP contribution in [0.1, 0.15) is 13.3 Å². The van der Waals surface area contributed by atoms with Gasteiger partial charge in [0.25, 0.3) is 0 Å². The third-order valence-electron chi connectivity index (χ3n) is 0.963. The number of rotatable bonds is 2. The summed E-state index contributed by atoms with van der Waals surface area (Å²) in [5.41, 5.74) is 3.64. The summed E-state index contributed by atoms with van der Waals surface area (Å²) in [6.07, 6.45) is 0.522. The second kappa shape index (κ2) is 7.34. The maximum Gasteiger partial charge on any atom is 1.00 e. The maximum absolute atomic E-state index is 10.6. The standard InChI is InChI=1S/C5H11N2O.Rb/c1-4-5(8)7(3)6-2;/h4H2,1-3H3;/q-1;+1. The van der Waals surface area contributed by atoms with Crippen LogP contribution in [-0.4, -0.2) is 25.0 Å². The monoisotopic (exact) mass is 200 g/mol. The van der Waals surface area contributed by atoms with Crippen molar-refractivity contribution >= 4 is 5.91 Å². The molecule has 3 nitrogen and oxygen atoms in total. The van der Waals surface area contributed by atoms with Crippen molar-refractivity contribution in [3.8, 4) is 0 Å². The average molecular weight is 201 g/mol. The summed E-state index contributed by atoms with van der Waals surface area (Å²) in [5.74, 6) is 0.0486. The zero-order valence-corrected chi connectivity index (χ0v) is 11.4. The average Bonchev–Trinajstić information content (AvgIpc) is 1.84. The fourth-order valence-electron chi connectivity index (χ4n) is 0.340. The second-order valence-electron chi connectivity index (χ2n) is 1.47. The van der Waals surface area contributed by atoms with E-state index in [2.05, 4.69) is 5.43 Å². The largest absolute Gasteiger partial charge is 1.00 e. The predicted molar refractivity (Wildman–Crippen MR) is 32.3 cm³/mol. The molecular weight excluding hydrogens is 190 g/mol. The molecule has 0 fully saturated rings. The van der Waals surface area contributed by atoms with Crippen LogP contribution < -0.4 is 58.2 Å². The zero-order valence-electron chi connectivity index (χ0n) is 6.51. The molecule has 0 N–H and O–H groups in total. The van der Waals surface area contributed by atoms with Crippen LogP contribution in [0, 0.1) is 0 Å². The molecule has 1 amide bonds. The Morgan fingerprint density at radius 1 is 1.67 bits per heavy atom. The van der Waals surface area contributed by atoms with Crippen molar-refractivity contribution in [3.05, 3.63) is 5.43 Å². The van der Waals surface area contributed by atoms with Crippen LogP contribution >= 0.6 is 0 Å². The molecule has 4 heteroatoms. The van der Waals surface area contributed by atoms with Crippen molar-refractivity contribution in [2.75, 3.05) is 14.1 Å². The van der Waals surface area contributed by atoms with E-state index in [1.54, 1.807) is 14.1 Å². The van der Waals surface area contributed by atoms with Gasteiger partial charge >= 0.3 is 58.2 Å². The van der Waals surface area contributed by atoms with E-state index in [1.807, 2.05) is 6.92 Å². The van der Waals surface area contributed by atoms with Crippen LogP contribution in [0.3, 0.4) is 0 Å². The number of carbonyl (C=O) groups is 1. The molecule has 0 rings (SSSR count). The number of amides is 1. The minimum absolute atomic E-state index is 0. The molecule has 0 unspecified atom stereocenters. The van der Waals surface area contributed by atoms with E-state index in [0.29, 0.717) is 6.42 Å². The van der Waals surface area contributed by atoms with E-state index in [-0.39, 0.29) is 64.1 Å².